The normalized spacial score (nSPS) is 13.9. The second-order valence-electron chi connectivity index (χ2n) is 8.17. The van der Waals surface area contributed by atoms with Gasteiger partial charge in [0.1, 0.15) is 17.5 Å². The third kappa shape index (κ3) is 3.77. The number of nitrogens with one attached hydrogen (secondary N) is 1. The summed E-state index contributed by atoms with van der Waals surface area (Å²) >= 11 is 0. The number of nitrogen functional groups attached to an aromatic ring is 1. The zero-order valence-electron chi connectivity index (χ0n) is 18.7. The molecule has 0 aliphatic heterocycles. The van der Waals surface area contributed by atoms with Gasteiger partial charge in [0.25, 0.3) is 5.56 Å². The van der Waals surface area contributed by atoms with Gasteiger partial charge in [-0.1, -0.05) is 18.2 Å². The molecule has 4 aromatic rings. The quantitative estimate of drug-likeness (QED) is 0.448. The maximum Gasteiger partial charge on any atom is 0.316 e. The van der Waals surface area contributed by atoms with Crippen LogP contribution in [0.4, 0.5) is 11.8 Å². The predicted molar refractivity (Wildman–Crippen MR) is 127 cm³/mol. The number of hydrogen-bond donors (Lipinski definition) is 2. The second kappa shape index (κ2) is 8.44. The van der Waals surface area contributed by atoms with Gasteiger partial charge >= 0.3 is 6.01 Å². The number of anilines is 2. The van der Waals surface area contributed by atoms with Crippen molar-refractivity contribution in [2.45, 2.75) is 31.8 Å². The van der Waals surface area contributed by atoms with Gasteiger partial charge in [0.15, 0.2) is 0 Å². The standard InChI is InChI=1S/C24H22N8O2/c1-13(30-21-15(9-25)10-27-23(26)31-21)19-8-14-4-3-5-18(16-11-28-24(34-2)29-12-16)20(14)22(33)32(19)17-6-7-17/h3-5,8,10-13,17H,6-7H2,1-2H3,(H3,26,27,30,31). The minimum atomic E-state index is -0.313. The van der Waals surface area contributed by atoms with Crippen molar-refractivity contribution in [2.24, 2.45) is 0 Å². The Balaban J connectivity index is 1.64. The summed E-state index contributed by atoms with van der Waals surface area (Å²) in [6.45, 7) is 1.93. The summed E-state index contributed by atoms with van der Waals surface area (Å²) in [7, 11) is 1.51. The van der Waals surface area contributed by atoms with E-state index in [1.165, 1.54) is 13.3 Å². The molecular formula is C24H22N8O2. The van der Waals surface area contributed by atoms with E-state index in [1.54, 1.807) is 12.4 Å². The van der Waals surface area contributed by atoms with Gasteiger partial charge < -0.3 is 20.4 Å². The van der Waals surface area contributed by atoms with Crippen molar-refractivity contribution >= 4 is 22.5 Å². The molecule has 3 heterocycles. The Labute approximate surface area is 195 Å². The number of methoxy groups -OCH3 is 1. The van der Waals surface area contributed by atoms with E-state index in [4.69, 9.17) is 10.5 Å². The fourth-order valence-electron chi connectivity index (χ4n) is 4.11. The molecule has 0 bridgehead atoms. The number of fused-ring (bicyclic) bond motifs is 1. The van der Waals surface area contributed by atoms with Crippen LogP contribution in [0.3, 0.4) is 0 Å². The summed E-state index contributed by atoms with van der Waals surface area (Å²) in [6.07, 6.45) is 6.56. The monoisotopic (exact) mass is 454 g/mol. The van der Waals surface area contributed by atoms with Crippen molar-refractivity contribution in [3.05, 3.63) is 64.5 Å². The number of nitrogens with two attached hydrogens (primary N) is 1. The van der Waals surface area contributed by atoms with Crippen LogP contribution >= 0.6 is 0 Å². The van der Waals surface area contributed by atoms with E-state index in [2.05, 4.69) is 31.3 Å². The molecular weight excluding hydrogens is 432 g/mol. The van der Waals surface area contributed by atoms with Gasteiger partial charge in [-0.2, -0.15) is 10.2 Å². The summed E-state index contributed by atoms with van der Waals surface area (Å²) in [5.41, 5.74) is 8.25. The van der Waals surface area contributed by atoms with Gasteiger partial charge in [0, 0.05) is 29.7 Å². The Morgan fingerprint density at radius 2 is 2.00 bits per heavy atom. The molecule has 1 aliphatic carbocycles. The lowest BCUT2D eigenvalue weighted by Crippen LogP contribution is -2.27. The number of aromatic nitrogens is 5. The molecule has 1 saturated carbocycles. The lowest BCUT2D eigenvalue weighted by molar-refractivity contribution is 0.380. The van der Waals surface area contributed by atoms with E-state index < -0.39 is 0 Å². The SMILES string of the molecule is COc1ncc(-c2cccc3cc(C(C)Nc4nc(N)ncc4C#N)n(C4CC4)c(=O)c23)cn1. The number of nitrogens with zero attached hydrogens (tertiary/aromatic N) is 6. The summed E-state index contributed by atoms with van der Waals surface area (Å²) in [4.78, 5) is 30.3. The van der Waals surface area contributed by atoms with Gasteiger partial charge in [-0.05, 0) is 36.8 Å². The molecule has 1 unspecified atom stereocenters. The summed E-state index contributed by atoms with van der Waals surface area (Å²) in [5.74, 6) is 0.402. The average Bonchev–Trinajstić information content (AvgIpc) is 3.69. The van der Waals surface area contributed by atoms with Gasteiger partial charge in [0.05, 0.1) is 24.7 Å². The van der Waals surface area contributed by atoms with Crippen LogP contribution in [0.15, 0.2) is 47.7 Å². The molecule has 1 aromatic carbocycles. The molecule has 34 heavy (non-hydrogen) atoms. The van der Waals surface area contributed by atoms with Crippen molar-refractivity contribution in [1.29, 1.82) is 5.26 Å². The summed E-state index contributed by atoms with van der Waals surface area (Å²) in [6, 6.07) is 9.89. The Morgan fingerprint density at radius 1 is 1.24 bits per heavy atom. The molecule has 0 spiro atoms. The van der Waals surface area contributed by atoms with Gasteiger partial charge in [-0.25, -0.2) is 15.0 Å². The van der Waals surface area contributed by atoms with E-state index in [-0.39, 0.29) is 35.2 Å². The number of hydrogen-bond acceptors (Lipinski definition) is 9. The minimum Gasteiger partial charge on any atom is -0.467 e. The molecule has 3 aromatic heterocycles. The van der Waals surface area contributed by atoms with Crippen molar-refractivity contribution < 1.29 is 4.74 Å². The van der Waals surface area contributed by atoms with Crippen LogP contribution in [0.25, 0.3) is 21.9 Å². The van der Waals surface area contributed by atoms with Crippen LogP contribution in [-0.2, 0) is 0 Å². The maximum absolute atomic E-state index is 13.9. The van der Waals surface area contributed by atoms with Gasteiger partial charge in [-0.3, -0.25) is 4.79 Å². The molecule has 5 rings (SSSR count). The number of benzene rings is 1. The first kappa shape index (κ1) is 21.3. The third-order valence-corrected chi connectivity index (χ3v) is 5.87. The lowest BCUT2D eigenvalue weighted by Gasteiger charge is -2.22. The fourth-order valence-corrected chi connectivity index (χ4v) is 4.11. The van der Waals surface area contributed by atoms with Crippen LogP contribution < -0.4 is 21.3 Å². The van der Waals surface area contributed by atoms with E-state index >= 15 is 0 Å². The Morgan fingerprint density at radius 3 is 2.68 bits per heavy atom. The topological polar surface area (TPSA) is 145 Å². The first-order chi connectivity index (χ1) is 16.5. The smallest absolute Gasteiger partial charge is 0.316 e. The van der Waals surface area contributed by atoms with Crippen LogP contribution in [-0.4, -0.2) is 31.6 Å². The van der Waals surface area contributed by atoms with Gasteiger partial charge in [-0.15, -0.1) is 0 Å². The zero-order valence-corrected chi connectivity index (χ0v) is 18.7. The van der Waals surface area contributed by atoms with Gasteiger partial charge in [0.2, 0.25) is 5.95 Å². The zero-order chi connectivity index (χ0) is 23.8. The lowest BCUT2D eigenvalue weighted by atomic mass is 9.99. The second-order valence-corrected chi connectivity index (χ2v) is 8.17. The highest BCUT2D eigenvalue weighted by Crippen LogP contribution is 2.38. The predicted octanol–water partition coefficient (Wildman–Crippen LogP) is 3.22. The van der Waals surface area contributed by atoms with Crippen molar-refractivity contribution in [2.75, 3.05) is 18.2 Å². The third-order valence-electron chi connectivity index (χ3n) is 5.87. The van der Waals surface area contributed by atoms with Crippen molar-refractivity contribution in [3.8, 4) is 23.2 Å². The molecule has 1 fully saturated rings. The maximum atomic E-state index is 13.9. The van der Waals surface area contributed by atoms with Crippen LogP contribution in [0.5, 0.6) is 6.01 Å². The van der Waals surface area contributed by atoms with Crippen molar-refractivity contribution in [3.63, 3.8) is 0 Å². The number of rotatable bonds is 6. The molecule has 3 N–H and O–H groups in total. The van der Waals surface area contributed by atoms with Crippen LogP contribution in [0, 0.1) is 11.3 Å². The fraction of sp³-hybridized carbons (Fsp3) is 0.250. The highest BCUT2D eigenvalue weighted by atomic mass is 16.5. The molecule has 0 radical (unpaired) electrons. The number of ether oxygens (including phenoxy) is 1. The first-order valence-electron chi connectivity index (χ1n) is 10.8. The van der Waals surface area contributed by atoms with Crippen LogP contribution in [0.1, 0.15) is 43.1 Å². The number of nitriles is 1. The van der Waals surface area contributed by atoms with E-state index in [1.807, 2.05) is 35.8 Å². The highest BCUT2D eigenvalue weighted by Gasteiger charge is 2.30. The first-order valence-corrected chi connectivity index (χ1v) is 10.8. The molecule has 0 saturated heterocycles. The summed E-state index contributed by atoms with van der Waals surface area (Å²) < 4.78 is 6.91. The highest BCUT2D eigenvalue weighted by molar-refractivity contribution is 5.96. The molecule has 10 nitrogen and oxygen atoms in total. The average molecular weight is 454 g/mol. The molecule has 170 valence electrons. The molecule has 10 heteroatoms. The van der Waals surface area contributed by atoms with Crippen molar-refractivity contribution in [1.82, 2.24) is 24.5 Å². The molecule has 1 atom stereocenters. The Hall–Kier alpha value is -4.52. The Kier molecular flexibility index (Phi) is 5.30. The Bertz CT molecular complexity index is 1490. The summed E-state index contributed by atoms with van der Waals surface area (Å²) in [5, 5.41) is 14.1. The number of pyridine rings is 1. The van der Waals surface area contributed by atoms with Crippen LogP contribution in [0.2, 0.25) is 0 Å². The van der Waals surface area contributed by atoms with E-state index in [0.29, 0.717) is 11.2 Å². The van der Waals surface area contributed by atoms with E-state index in [0.717, 1.165) is 35.0 Å². The molecule has 1 aliphatic rings. The largest absolute Gasteiger partial charge is 0.467 e. The minimum absolute atomic E-state index is 0.0677. The molecule has 0 amide bonds. The van der Waals surface area contributed by atoms with E-state index in [9.17, 15) is 10.1 Å².